The van der Waals surface area contributed by atoms with E-state index >= 15 is 0 Å². The number of aliphatic hydroxyl groups excluding tert-OH is 2. The van der Waals surface area contributed by atoms with E-state index in [1.807, 2.05) is 5.32 Å². The number of nitrogens with one attached hydrogen (secondary N) is 2. The second kappa shape index (κ2) is 7.07. The predicted molar refractivity (Wildman–Crippen MR) is 72.5 cm³/mol. The highest BCUT2D eigenvalue weighted by Crippen LogP contribution is 2.10. The van der Waals surface area contributed by atoms with Gasteiger partial charge in [0.05, 0.1) is 6.54 Å². The highest BCUT2D eigenvalue weighted by atomic mass is 16.5. The largest absolute Gasteiger partial charge is 0.461 e. The second-order valence-electron chi connectivity index (χ2n) is 4.74. The first-order valence-electron chi connectivity index (χ1n) is 6.77. The summed E-state index contributed by atoms with van der Waals surface area (Å²) in [5, 5.41) is 23.1. The highest BCUT2D eigenvalue weighted by molar-refractivity contribution is 6.04. The molecular formula is C12H16N4O7. The Kier molecular flexibility index (Phi) is 5.13. The monoisotopic (exact) mass is 328 g/mol. The minimum absolute atomic E-state index is 0.0453. The van der Waals surface area contributed by atoms with E-state index in [2.05, 4.69) is 5.32 Å². The van der Waals surface area contributed by atoms with Crippen LogP contribution >= 0.6 is 0 Å². The van der Waals surface area contributed by atoms with Gasteiger partial charge >= 0.3 is 18.0 Å². The molecule has 23 heavy (non-hydrogen) atoms. The number of hydrogen-bond donors (Lipinski definition) is 4. The standard InChI is InChI=1S/C12H16N4O7/c17-7(16-10(20)9(19)14-12(16)22)1-2-8(18)23-6-5-15-4-3-13-11(15)21/h1-2,9-10,19-20H,3-6H2,(H,13,21)(H,14,22)/b2-1+. The van der Waals surface area contributed by atoms with Crippen LogP contribution in [0.4, 0.5) is 9.59 Å². The number of aliphatic hydroxyl groups is 2. The summed E-state index contributed by atoms with van der Waals surface area (Å²) >= 11 is 0. The van der Waals surface area contributed by atoms with Crippen molar-refractivity contribution in [3.63, 3.8) is 0 Å². The molecule has 2 atom stereocenters. The van der Waals surface area contributed by atoms with Crippen molar-refractivity contribution < 1.29 is 34.1 Å². The van der Waals surface area contributed by atoms with Crippen molar-refractivity contribution >= 4 is 23.9 Å². The third-order valence-corrected chi connectivity index (χ3v) is 3.19. The molecular weight excluding hydrogens is 312 g/mol. The highest BCUT2D eigenvalue weighted by Gasteiger charge is 2.40. The van der Waals surface area contributed by atoms with E-state index in [9.17, 15) is 29.4 Å². The number of carbonyl (C=O) groups is 4. The molecule has 11 nitrogen and oxygen atoms in total. The number of ether oxygens (including phenoxy) is 1. The smallest absolute Gasteiger partial charge is 0.331 e. The molecule has 2 heterocycles. The van der Waals surface area contributed by atoms with Crippen molar-refractivity contribution in [2.45, 2.75) is 12.5 Å². The maximum absolute atomic E-state index is 11.7. The summed E-state index contributed by atoms with van der Waals surface area (Å²) in [5.74, 6) is -1.82. The van der Waals surface area contributed by atoms with Gasteiger partial charge in [0, 0.05) is 25.2 Å². The van der Waals surface area contributed by atoms with Gasteiger partial charge in [-0.1, -0.05) is 0 Å². The molecule has 0 radical (unpaired) electrons. The summed E-state index contributed by atoms with van der Waals surface area (Å²) in [6.07, 6.45) is -1.79. The molecule has 2 rings (SSSR count). The van der Waals surface area contributed by atoms with E-state index in [0.29, 0.717) is 18.0 Å². The van der Waals surface area contributed by atoms with E-state index in [4.69, 9.17) is 4.74 Å². The fourth-order valence-corrected chi connectivity index (χ4v) is 2.01. The molecule has 0 aliphatic carbocycles. The Balaban J connectivity index is 1.76. The molecule has 2 fully saturated rings. The fraction of sp³-hybridized carbons (Fsp3) is 0.500. The molecule has 0 aromatic heterocycles. The number of esters is 1. The summed E-state index contributed by atoms with van der Waals surface area (Å²) < 4.78 is 4.81. The van der Waals surface area contributed by atoms with Crippen molar-refractivity contribution in [3.05, 3.63) is 12.2 Å². The van der Waals surface area contributed by atoms with Crippen molar-refractivity contribution in [2.24, 2.45) is 0 Å². The van der Waals surface area contributed by atoms with Gasteiger partial charge in [0.25, 0.3) is 5.91 Å². The van der Waals surface area contributed by atoms with Crippen molar-refractivity contribution in [3.8, 4) is 0 Å². The van der Waals surface area contributed by atoms with Gasteiger partial charge in [0.15, 0.2) is 12.5 Å². The minimum Gasteiger partial charge on any atom is -0.461 e. The van der Waals surface area contributed by atoms with Gasteiger partial charge in [-0.05, 0) is 0 Å². The maximum Gasteiger partial charge on any atom is 0.331 e. The summed E-state index contributed by atoms with van der Waals surface area (Å²) in [6, 6.07) is -1.22. The van der Waals surface area contributed by atoms with E-state index in [1.165, 1.54) is 4.90 Å². The van der Waals surface area contributed by atoms with Crippen molar-refractivity contribution in [2.75, 3.05) is 26.2 Å². The summed E-state index contributed by atoms with van der Waals surface area (Å²) in [6.45, 7) is 1.23. The molecule has 126 valence electrons. The average Bonchev–Trinajstić information content (AvgIpc) is 3.00. The van der Waals surface area contributed by atoms with Crippen molar-refractivity contribution in [1.82, 2.24) is 20.4 Å². The summed E-state index contributed by atoms with van der Waals surface area (Å²) in [5.41, 5.74) is 0. The number of rotatable bonds is 5. The van der Waals surface area contributed by atoms with Crippen LogP contribution in [0, 0.1) is 0 Å². The van der Waals surface area contributed by atoms with E-state index in [0.717, 1.165) is 12.2 Å². The predicted octanol–water partition coefficient (Wildman–Crippen LogP) is -2.70. The molecule has 0 bridgehead atoms. The second-order valence-corrected chi connectivity index (χ2v) is 4.74. The third-order valence-electron chi connectivity index (χ3n) is 3.19. The van der Waals surface area contributed by atoms with Gasteiger partial charge in [-0.3, -0.25) is 4.79 Å². The molecule has 2 unspecified atom stereocenters. The molecule has 2 aliphatic heterocycles. The van der Waals surface area contributed by atoms with Crippen LogP contribution in [0.3, 0.4) is 0 Å². The van der Waals surface area contributed by atoms with E-state index in [-0.39, 0.29) is 19.2 Å². The van der Waals surface area contributed by atoms with Gasteiger partial charge in [-0.25, -0.2) is 19.3 Å². The quantitative estimate of drug-likeness (QED) is 0.317. The minimum atomic E-state index is -1.73. The molecule has 0 saturated carbocycles. The Bertz CT molecular complexity index is 550. The zero-order chi connectivity index (χ0) is 17.0. The van der Waals surface area contributed by atoms with Crippen LogP contribution in [-0.2, 0) is 14.3 Å². The molecule has 0 spiro atoms. The maximum atomic E-state index is 11.7. The summed E-state index contributed by atoms with van der Waals surface area (Å²) in [4.78, 5) is 47.5. The van der Waals surface area contributed by atoms with Crippen LogP contribution in [0.15, 0.2) is 12.2 Å². The lowest BCUT2D eigenvalue weighted by molar-refractivity contribution is -0.139. The first-order chi connectivity index (χ1) is 10.9. The lowest BCUT2D eigenvalue weighted by Gasteiger charge is -2.15. The third kappa shape index (κ3) is 3.96. The van der Waals surface area contributed by atoms with Gasteiger partial charge in [0.2, 0.25) is 0 Å². The molecule has 5 amide bonds. The summed E-state index contributed by atoms with van der Waals surface area (Å²) in [7, 11) is 0. The van der Waals surface area contributed by atoms with Crippen LogP contribution in [0.1, 0.15) is 0 Å². The topological polar surface area (TPSA) is 149 Å². The van der Waals surface area contributed by atoms with Crippen LogP contribution in [-0.4, -0.2) is 82.6 Å². The first-order valence-corrected chi connectivity index (χ1v) is 6.77. The van der Waals surface area contributed by atoms with Gasteiger partial charge < -0.3 is 30.5 Å². The normalized spacial score (nSPS) is 24.1. The van der Waals surface area contributed by atoms with Crippen LogP contribution < -0.4 is 10.6 Å². The van der Waals surface area contributed by atoms with Crippen molar-refractivity contribution in [1.29, 1.82) is 0 Å². The molecule has 0 aromatic carbocycles. The Morgan fingerprint density at radius 2 is 2.00 bits per heavy atom. The first kappa shape index (κ1) is 16.7. The molecule has 2 saturated heterocycles. The molecule has 2 aliphatic rings. The zero-order valence-corrected chi connectivity index (χ0v) is 12.0. The van der Waals surface area contributed by atoms with Crippen LogP contribution in [0.2, 0.25) is 0 Å². The van der Waals surface area contributed by atoms with Crippen LogP contribution in [0.25, 0.3) is 0 Å². The molecule has 11 heteroatoms. The zero-order valence-electron chi connectivity index (χ0n) is 12.0. The Hall–Kier alpha value is -2.66. The van der Waals surface area contributed by atoms with Gasteiger partial charge in [-0.15, -0.1) is 0 Å². The SMILES string of the molecule is O=C(/C=C/C(=O)N1C(=O)NC(O)C1O)OCCN1CCNC1=O. The lowest BCUT2D eigenvalue weighted by atomic mass is 10.4. The van der Waals surface area contributed by atoms with E-state index in [1.54, 1.807) is 0 Å². The Morgan fingerprint density at radius 1 is 1.26 bits per heavy atom. The Labute approximate surface area is 130 Å². The molecule has 0 aromatic rings. The lowest BCUT2D eigenvalue weighted by Crippen LogP contribution is -2.40. The Morgan fingerprint density at radius 3 is 2.57 bits per heavy atom. The fourth-order valence-electron chi connectivity index (χ4n) is 2.01. The number of imide groups is 1. The van der Waals surface area contributed by atoms with Gasteiger partial charge in [-0.2, -0.15) is 0 Å². The number of carbonyl (C=O) groups excluding carboxylic acids is 4. The van der Waals surface area contributed by atoms with E-state index < -0.39 is 30.4 Å². The van der Waals surface area contributed by atoms with Gasteiger partial charge in [0.1, 0.15) is 6.61 Å². The number of urea groups is 2. The number of nitrogens with zero attached hydrogens (tertiary/aromatic N) is 2. The molecule has 4 N–H and O–H groups in total. The number of amides is 5. The van der Waals surface area contributed by atoms with Crippen LogP contribution in [0.5, 0.6) is 0 Å². The average molecular weight is 328 g/mol. The number of hydrogen-bond acceptors (Lipinski definition) is 7.